The molecule has 2 aromatic rings. The molecule has 0 N–H and O–H groups in total. The summed E-state index contributed by atoms with van der Waals surface area (Å²) in [5, 5.41) is 13.4. The largest absolute Gasteiger partial charge is 0.299 e. The van der Waals surface area contributed by atoms with Crippen LogP contribution in [0.3, 0.4) is 0 Å². The van der Waals surface area contributed by atoms with Gasteiger partial charge in [-0.25, -0.2) is 14.1 Å². The molecule has 3 rings (SSSR count). The van der Waals surface area contributed by atoms with Crippen molar-refractivity contribution in [1.82, 2.24) is 19.7 Å². The quantitative estimate of drug-likeness (QED) is 0.866. The Bertz CT molecular complexity index is 761. The van der Waals surface area contributed by atoms with Gasteiger partial charge in [-0.05, 0) is 57.4 Å². The highest BCUT2D eigenvalue weighted by Gasteiger charge is 2.22. The number of aromatic nitrogens is 3. The Balaban J connectivity index is 1.66. The molecule has 5 nitrogen and oxygen atoms in total. The lowest BCUT2D eigenvalue weighted by Crippen LogP contribution is -2.37. The third-order valence-corrected chi connectivity index (χ3v) is 4.57. The number of hydrogen-bond donors (Lipinski definition) is 0. The number of nitrogens with zero attached hydrogens (tertiary/aromatic N) is 5. The number of likely N-dealkylation sites (tertiary alicyclic amines) is 1. The minimum absolute atomic E-state index is 0.237. The Morgan fingerprint density at radius 1 is 1.38 bits per heavy atom. The van der Waals surface area contributed by atoms with Crippen molar-refractivity contribution in [2.75, 3.05) is 13.1 Å². The third kappa shape index (κ3) is 3.80. The zero-order valence-corrected chi connectivity index (χ0v) is 14.2. The van der Waals surface area contributed by atoms with Crippen LogP contribution in [0.2, 0.25) is 0 Å². The third-order valence-electron chi connectivity index (χ3n) is 4.57. The molecule has 1 aromatic heterocycles. The van der Waals surface area contributed by atoms with Crippen molar-refractivity contribution >= 4 is 0 Å². The van der Waals surface area contributed by atoms with E-state index in [-0.39, 0.29) is 5.82 Å². The van der Waals surface area contributed by atoms with Crippen molar-refractivity contribution < 1.29 is 4.39 Å². The number of benzene rings is 1. The van der Waals surface area contributed by atoms with Crippen LogP contribution in [0, 0.1) is 36.9 Å². The van der Waals surface area contributed by atoms with Crippen LogP contribution in [-0.2, 0) is 13.1 Å². The molecular formula is C18H22FN5. The van der Waals surface area contributed by atoms with Gasteiger partial charge in [0.25, 0.3) is 0 Å². The van der Waals surface area contributed by atoms with Crippen LogP contribution >= 0.6 is 0 Å². The van der Waals surface area contributed by atoms with Gasteiger partial charge in [0, 0.05) is 25.2 Å². The van der Waals surface area contributed by atoms with E-state index in [0.717, 1.165) is 44.1 Å². The Morgan fingerprint density at radius 2 is 2.21 bits per heavy atom. The molecular weight excluding hydrogens is 305 g/mol. The molecule has 1 atom stereocenters. The number of nitriles is 1. The van der Waals surface area contributed by atoms with Gasteiger partial charge in [0.15, 0.2) is 0 Å². The van der Waals surface area contributed by atoms with E-state index in [9.17, 15) is 4.39 Å². The van der Waals surface area contributed by atoms with E-state index in [1.807, 2.05) is 18.5 Å². The Hall–Kier alpha value is -2.26. The van der Waals surface area contributed by atoms with Crippen LogP contribution in [0.5, 0.6) is 0 Å². The van der Waals surface area contributed by atoms with Gasteiger partial charge in [0.05, 0.1) is 11.6 Å². The van der Waals surface area contributed by atoms with E-state index in [2.05, 4.69) is 21.1 Å². The van der Waals surface area contributed by atoms with E-state index in [0.29, 0.717) is 23.6 Å². The standard InChI is InChI=1S/C18H22FN5/c1-13-21-14(2)24(22-13)11-16-4-3-7-23(10-16)12-17-8-15(9-20)5-6-18(17)19/h5-6,8,16H,3-4,7,10-12H2,1-2H3/t16-/m1/s1. The fourth-order valence-corrected chi connectivity index (χ4v) is 3.43. The average molecular weight is 327 g/mol. The number of aryl methyl sites for hydroxylation is 2. The minimum atomic E-state index is -0.237. The van der Waals surface area contributed by atoms with Crippen molar-refractivity contribution in [3.63, 3.8) is 0 Å². The lowest BCUT2D eigenvalue weighted by molar-refractivity contribution is 0.151. The Labute approximate surface area is 141 Å². The SMILES string of the molecule is Cc1nc(C)n(C[C@@H]2CCCN(Cc3cc(C#N)ccc3F)C2)n1. The van der Waals surface area contributed by atoms with Crippen molar-refractivity contribution in [3.8, 4) is 6.07 Å². The minimum Gasteiger partial charge on any atom is -0.299 e. The summed E-state index contributed by atoms with van der Waals surface area (Å²) >= 11 is 0. The zero-order valence-electron chi connectivity index (χ0n) is 14.2. The molecule has 0 aliphatic carbocycles. The number of piperidine rings is 1. The molecule has 1 aliphatic heterocycles. The Kier molecular flexibility index (Phi) is 4.91. The van der Waals surface area contributed by atoms with Crippen molar-refractivity contribution in [2.45, 2.75) is 39.8 Å². The topological polar surface area (TPSA) is 57.7 Å². The van der Waals surface area contributed by atoms with Gasteiger partial charge in [-0.3, -0.25) is 4.90 Å². The molecule has 0 spiro atoms. The normalized spacial score (nSPS) is 18.5. The number of hydrogen-bond acceptors (Lipinski definition) is 4. The molecule has 1 aromatic carbocycles. The van der Waals surface area contributed by atoms with Gasteiger partial charge in [-0.2, -0.15) is 10.4 Å². The summed E-state index contributed by atoms with van der Waals surface area (Å²) < 4.78 is 16.0. The van der Waals surface area contributed by atoms with Gasteiger partial charge in [-0.15, -0.1) is 0 Å². The molecule has 24 heavy (non-hydrogen) atoms. The predicted molar refractivity (Wildman–Crippen MR) is 88.6 cm³/mol. The first-order chi connectivity index (χ1) is 11.5. The first kappa shape index (κ1) is 16.6. The van der Waals surface area contributed by atoms with Crippen LogP contribution in [0.4, 0.5) is 4.39 Å². The van der Waals surface area contributed by atoms with Gasteiger partial charge < -0.3 is 0 Å². The summed E-state index contributed by atoms with van der Waals surface area (Å²) in [4.78, 5) is 6.62. The average Bonchev–Trinajstić information content (AvgIpc) is 2.87. The zero-order chi connectivity index (χ0) is 17.1. The molecule has 0 unspecified atom stereocenters. The van der Waals surface area contributed by atoms with Crippen LogP contribution in [-0.4, -0.2) is 32.8 Å². The highest BCUT2D eigenvalue weighted by atomic mass is 19.1. The van der Waals surface area contributed by atoms with Crippen LogP contribution in [0.15, 0.2) is 18.2 Å². The summed E-state index contributed by atoms with van der Waals surface area (Å²) in [6.45, 7) is 7.15. The van der Waals surface area contributed by atoms with Crippen LogP contribution < -0.4 is 0 Å². The van der Waals surface area contributed by atoms with Gasteiger partial charge in [-0.1, -0.05) is 0 Å². The molecule has 0 saturated carbocycles. The second kappa shape index (κ2) is 7.10. The van der Waals surface area contributed by atoms with Crippen LogP contribution in [0.1, 0.15) is 35.6 Å². The smallest absolute Gasteiger partial charge is 0.147 e. The summed E-state index contributed by atoms with van der Waals surface area (Å²) in [6.07, 6.45) is 2.24. The van der Waals surface area contributed by atoms with Crippen LogP contribution in [0.25, 0.3) is 0 Å². The first-order valence-corrected chi connectivity index (χ1v) is 8.34. The maximum atomic E-state index is 14.0. The summed E-state index contributed by atoms with van der Waals surface area (Å²) in [5.74, 6) is 1.99. The number of halogens is 1. The fourth-order valence-electron chi connectivity index (χ4n) is 3.43. The summed E-state index contributed by atoms with van der Waals surface area (Å²) in [5.41, 5.74) is 1.11. The fraction of sp³-hybridized carbons (Fsp3) is 0.500. The predicted octanol–water partition coefficient (Wildman–Crippen LogP) is 2.82. The molecule has 0 amide bonds. The van der Waals surface area contributed by atoms with Crippen molar-refractivity contribution in [3.05, 3.63) is 46.8 Å². The summed E-state index contributed by atoms with van der Waals surface area (Å²) in [6, 6.07) is 6.64. The van der Waals surface area contributed by atoms with Crippen molar-refractivity contribution in [1.29, 1.82) is 5.26 Å². The molecule has 1 fully saturated rings. The van der Waals surface area contributed by atoms with Gasteiger partial charge in [0.2, 0.25) is 0 Å². The van der Waals surface area contributed by atoms with E-state index in [4.69, 9.17) is 5.26 Å². The van der Waals surface area contributed by atoms with Gasteiger partial charge in [0.1, 0.15) is 17.5 Å². The van der Waals surface area contributed by atoms with E-state index in [1.54, 1.807) is 6.07 Å². The molecule has 0 radical (unpaired) electrons. The van der Waals surface area contributed by atoms with E-state index in [1.165, 1.54) is 12.1 Å². The van der Waals surface area contributed by atoms with E-state index < -0.39 is 0 Å². The molecule has 126 valence electrons. The monoisotopic (exact) mass is 327 g/mol. The molecule has 1 aliphatic rings. The Morgan fingerprint density at radius 3 is 2.92 bits per heavy atom. The molecule has 2 heterocycles. The molecule has 1 saturated heterocycles. The second-order valence-electron chi connectivity index (χ2n) is 6.55. The lowest BCUT2D eigenvalue weighted by Gasteiger charge is -2.32. The lowest BCUT2D eigenvalue weighted by atomic mass is 9.97. The van der Waals surface area contributed by atoms with Gasteiger partial charge >= 0.3 is 0 Å². The maximum Gasteiger partial charge on any atom is 0.147 e. The molecule has 0 bridgehead atoms. The maximum absolute atomic E-state index is 14.0. The van der Waals surface area contributed by atoms with Crippen molar-refractivity contribution in [2.24, 2.45) is 5.92 Å². The first-order valence-electron chi connectivity index (χ1n) is 8.34. The summed E-state index contributed by atoms with van der Waals surface area (Å²) in [7, 11) is 0. The van der Waals surface area contributed by atoms with E-state index >= 15 is 0 Å². The highest BCUT2D eigenvalue weighted by Crippen LogP contribution is 2.22. The molecule has 6 heteroatoms. The highest BCUT2D eigenvalue weighted by molar-refractivity contribution is 5.33. The number of rotatable bonds is 4. The second-order valence-corrected chi connectivity index (χ2v) is 6.55.